The highest BCUT2D eigenvalue weighted by molar-refractivity contribution is 7.91. The number of hydrogen-bond donors (Lipinski definition) is 0. The van der Waals surface area contributed by atoms with Crippen molar-refractivity contribution in [3.8, 4) is 0 Å². The van der Waals surface area contributed by atoms with Crippen LogP contribution in [0.3, 0.4) is 0 Å². The van der Waals surface area contributed by atoms with Crippen LogP contribution in [0.15, 0.2) is 12.7 Å². The maximum absolute atomic E-state index is 11.5. The lowest BCUT2D eigenvalue weighted by Crippen LogP contribution is -3.00. The van der Waals surface area contributed by atoms with Crippen molar-refractivity contribution in [1.82, 2.24) is 14.8 Å². The first kappa shape index (κ1) is 13.8. The highest BCUT2D eigenvalue weighted by Crippen LogP contribution is 2.29. The molecular weight excluding hydrogens is 276 g/mol. The Kier molecular flexibility index (Phi) is 3.66. The topological polar surface area (TPSA) is 64.8 Å². The molecular formula is C10H17ClN4O2S. The van der Waals surface area contributed by atoms with E-state index in [4.69, 9.17) is 0 Å². The second kappa shape index (κ2) is 4.79. The average Bonchev–Trinajstić information content (AvgIpc) is 2.93. The van der Waals surface area contributed by atoms with Gasteiger partial charge in [-0.15, -0.1) is 0 Å². The molecule has 6 nitrogen and oxygen atoms in total. The van der Waals surface area contributed by atoms with Crippen LogP contribution in [0.2, 0.25) is 0 Å². The minimum Gasteiger partial charge on any atom is -1.00 e. The molecule has 1 unspecified atom stereocenters. The summed E-state index contributed by atoms with van der Waals surface area (Å²) in [6.45, 7) is 3.61. The fraction of sp³-hybridized carbons (Fsp3) is 0.800. The third-order valence-corrected chi connectivity index (χ3v) is 5.71. The Morgan fingerprint density at radius 2 is 1.94 bits per heavy atom. The molecule has 1 spiro atoms. The van der Waals surface area contributed by atoms with Gasteiger partial charge < -0.3 is 16.9 Å². The van der Waals surface area contributed by atoms with Gasteiger partial charge in [-0.05, 0) is 0 Å². The van der Waals surface area contributed by atoms with Crippen LogP contribution in [0.1, 0.15) is 12.5 Å². The molecule has 2 aliphatic rings. The lowest BCUT2D eigenvalue weighted by Gasteiger charge is -2.37. The smallest absolute Gasteiger partial charge is 0.161 e. The van der Waals surface area contributed by atoms with Gasteiger partial charge in [-0.3, -0.25) is 0 Å². The third-order valence-electron chi connectivity index (χ3n) is 4.10. The van der Waals surface area contributed by atoms with E-state index in [1.165, 1.54) is 0 Å². The Bertz CT molecular complexity index is 488. The van der Waals surface area contributed by atoms with E-state index in [1.807, 2.05) is 4.68 Å². The number of aromatic nitrogens is 3. The molecule has 3 rings (SSSR count). The maximum Gasteiger partial charge on any atom is 0.161 e. The van der Waals surface area contributed by atoms with E-state index in [-0.39, 0.29) is 12.4 Å². The molecule has 102 valence electrons. The van der Waals surface area contributed by atoms with E-state index in [1.54, 1.807) is 12.7 Å². The van der Waals surface area contributed by atoms with Crippen molar-refractivity contribution in [2.75, 3.05) is 37.7 Å². The number of rotatable bonds is 1. The van der Waals surface area contributed by atoms with Gasteiger partial charge >= 0.3 is 0 Å². The summed E-state index contributed by atoms with van der Waals surface area (Å²) in [5.41, 5.74) is 0. The zero-order valence-electron chi connectivity index (χ0n) is 10.1. The van der Waals surface area contributed by atoms with Crippen LogP contribution in [0, 0.1) is 0 Å². The van der Waals surface area contributed by atoms with E-state index in [2.05, 4.69) is 10.1 Å². The average molecular weight is 293 g/mol. The molecule has 8 heteroatoms. The monoisotopic (exact) mass is 292 g/mol. The van der Waals surface area contributed by atoms with Crippen LogP contribution >= 0.6 is 0 Å². The molecule has 2 saturated heterocycles. The first-order valence-electron chi connectivity index (χ1n) is 5.98. The zero-order valence-corrected chi connectivity index (χ0v) is 11.6. The second-order valence-electron chi connectivity index (χ2n) is 5.16. The van der Waals surface area contributed by atoms with Gasteiger partial charge in [0.05, 0.1) is 31.1 Å². The molecule has 0 radical (unpaired) electrons. The minimum absolute atomic E-state index is 0. The van der Waals surface area contributed by atoms with Crippen LogP contribution in [0.5, 0.6) is 0 Å². The summed E-state index contributed by atoms with van der Waals surface area (Å²) >= 11 is 0. The third kappa shape index (κ3) is 2.53. The first-order chi connectivity index (χ1) is 8.09. The van der Waals surface area contributed by atoms with Crippen LogP contribution in [0.4, 0.5) is 0 Å². The molecule has 1 atom stereocenters. The van der Waals surface area contributed by atoms with Gasteiger partial charge in [-0.2, -0.15) is 5.10 Å². The highest BCUT2D eigenvalue weighted by atomic mass is 35.5. The first-order valence-corrected chi connectivity index (χ1v) is 7.80. The van der Waals surface area contributed by atoms with E-state index >= 15 is 0 Å². The SMILES string of the molecule is O=S1(=O)CC[N+]2(CCC(n3cncn3)C2)CC1.[Cl-]. The lowest BCUT2D eigenvalue weighted by molar-refractivity contribution is -0.914. The van der Waals surface area contributed by atoms with Crippen LogP contribution in [0.25, 0.3) is 0 Å². The quantitative estimate of drug-likeness (QED) is 0.503. The molecule has 2 aliphatic heterocycles. The van der Waals surface area contributed by atoms with E-state index in [9.17, 15) is 8.42 Å². The molecule has 18 heavy (non-hydrogen) atoms. The largest absolute Gasteiger partial charge is 1.00 e. The minimum atomic E-state index is -2.77. The van der Waals surface area contributed by atoms with Gasteiger partial charge in [0.2, 0.25) is 0 Å². The Morgan fingerprint density at radius 3 is 2.56 bits per heavy atom. The van der Waals surface area contributed by atoms with E-state index in [0.29, 0.717) is 17.5 Å². The number of hydrogen-bond acceptors (Lipinski definition) is 4. The number of quaternary nitrogens is 1. The predicted octanol–water partition coefficient (Wildman–Crippen LogP) is -3.53. The van der Waals surface area contributed by atoms with E-state index < -0.39 is 9.84 Å². The molecule has 3 heterocycles. The van der Waals surface area contributed by atoms with Crippen molar-refractivity contribution < 1.29 is 25.3 Å². The van der Waals surface area contributed by atoms with Gasteiger partial charge in [-0.25, -0.2) is 18.1 Å². The summed E-state index contributed by atoms with van der Waals surface area (Å²) < 4.78 is 25.8. The van der Waals surface area contributed by atoms with E-state index in [0.717, 1.165) is 37.1 Å². The number of sulfone groups is 1. The normalized spacial score (nSPS) is 29.0. The summed E-state index contributed by atoms with van der Waals surface area (Å²) in [5.74, 6) is 0.689. The molecule has 0 saturated carbocycles. The molecule has 0 aliphatic carbocycles. The van der Waals surface area contributed by atoms with Crippen molar-refractivity contribution in [3.63, 3.8) is 0 Å². The summed E-state index contributed by atoms with van der Waals surface area (Å²) in [5, 5.41) is 4.18. The Balaban J connectivity index is 0.00000120. The van der Waals surface area contributed by atoms with Crippen molar-refractivity contribution in [3.05, 3.63) is 12.7 Å². The molecule has 1 aromatic rings. The Hall–Kier alpha value is -0.660. The van der Waals surface area contributed by atoms with Crippen molar-refractivity contribution in [1.29, 1.82) is 0 Å². The molecule has 0 bridgehead atoms. The van der Waals surface area contributed by atoms with Crippen LogP contribution in [-0.4, -0.2) is 65.4 Å². The van der Waals surface area contributed by atoms with Gasteiger partial charge in [0, 0.05) is 6.42 Å². The van der Waals surface area contributed by atoms with Gasteiger partial charge in [0.15, 0.2) is 9.84 Å². The molecule has 0 amide bonds. The maximum atomic E-state index is 11.5. The Labute approximate surface area is 113 Å². The van der Waals surface area contributed by atoms with Gasteiger partial charge in [0.25, 0.3) is 0 Å². The van der Waals surface area contributed by atoms with Crippen molar-refractivity contribution >= 4 is 9.84 Å². The molecule has 1 aromatic heterocycles. The van der Waals surface area contributed by atoms with Crippen molar-refractivity contribution in [2.24, 2.45) is 0 Å². The van der Waals surface area contributed by atoms with Gasteiger partial charge in [0.1, 0.15) is 25.2 Å². The fourth-order valence-corrected chi connectivity index (χ4v) is 4.49. The number of halogens is 1. The van der Waals surface area contributed by atoms with Gasteiger partial charge in [-0.1, -0.05) is 0 Å². The molecule has 0 N–H and O–H groups in total. The summed E-state index contributed by atoms with van der Waals surface area (Å²) in [7, 11) is -2.77. The van der Waals surface area contributed by atoms with Crippen LogP contribution in [-0.2, 0) is 9.84 Å². The fourth-order valence-electron chi connectivity index (χ4n) is 2.96. The Morgan fingerprint density at radius 1 is 1.22 bits per heavy atom. The number of nitrogens with zero attached hydrogens (tertiary/aromatic N) is 4. The van der Waals surface area contributed by atoms with Crippen molar-refractivity contribution in [2.45, 2.75) is 12.5 Å². The molecule has 0 aromatic carbocycles. The zero-order chi connectivity index (χ0) is 11.9. The summed E-state index contributed by atoms with van der Waals surface area (Å²) in [6, 6.07) is 0.387. The predicted molar refractivity (Wildman–Crippen MR) is 62.1 cm³/mol. The van der Waals surface area contributed by atoms with Crippen LogP contribution < -0.4 is 12.4 Å². The highest BCUT2D eigenvalue weighted by Gasteiger charge is 2.43. The summed E-state index contributed by atoms with van der Waals surface area (Å²) in [4.78, 5) is 3.97. The second-order valence-corrected chi connectivity index (χ2v) is 7.47. The molecule has 2 fully saturated rings. The lowest BCUT2D eigenvalue weighted by atomic mass is 10.3. The summed E-state index contributed by atoms with van der Waals surface area (Å²) in [6.07, 6.45) is 4.39. The standard InChI is InChI=1S/C10H17N4O2S.ClH/c15-17(16)5-3-14(4-6-17)2-1-10(7-14)13-9-11-8-12-13;/h8-10H,1-7H2;1H/q+1;/p-1.